The number of hydrogen-bond acceptors (Lipinski definition) is 6. The van der Waals surface area contributed by atoms with Crippen molar-refractivity contribution in [2.45, 2.75) is 115 Å². The van der Waals surface area contributed by atoms with Crippen LogP contribution < -0.4 is 0 Å². The number of likely N-dealkylation sites (tertiary alicyclic amines) is 2. The molecule has 1 spiro atoms. The van der Waals surface area contributed by atoms with E-state index in [1.165, 1.54) is 0 Å². The van der Waals surface area contributed by atoms with Crippen LogP contribution >= 0.6 is 0 Å². The molecule has 3 aliphatic carbocycles. The molecule has 0 radical (unpaired) electrons. The number of amides is 2. The average molecular weight is 775 g/mol. The Kier molecular flexibility index (Phi) is 7.68. The first-order valence-corrected chi connectivity index (χ1v) is 20.2. The van der Waals surface area contributed by atoms with Gasteiger partial charge in [0, 0.05) is 29.3 Å². The number of H-pyrrole nitrogens is 2. The number of halogens is 2. The number of benzene rings is 3. The summed E-state index contributed by atoms with van der Waals surface area (Å²) in [5, 5.41) is 0. The molecule has 2 amide bonds. The van der Waals surface area contributed by atoms with Crippen LogP contribution in [0.2, 0.25) is 0 Å². The molecule has 2 N–H and O–H groups in total. The summed E-state index contributed by atoms with van der Waals surface area (Å²) < 4.78 is 44.5. The Hall–Kier alpha value is -5.26. The molecule has 3 unspecified atom stereocenters. The number of alkyl halides is 2. The number of ether oxygens (including phenoxy) is 2. The lowest BCUT2D eigenvalue weighted by molar-refractivity contribution is 0.00615. The van der Waals surface area contributed by atoms with Gasteiger partial charge in [-0.1, -0.05) is 30.3 Å². The fourth-order valence-electron chi connectivity index (χ4n) is 9.84. The van der Waals surface area contributed by atoms with E-state index in [1.54, 1.807) is 35.4 Å². The zero-order valence-corrected chi connectivity index (χ0v) is 33.2. The monoisotopic (exact) mass is 774 g/mol. The molecule has 4 atom stereocenters. The van der Waals surface area contributed by atoms with E-state index in [9.17, 15) is 9.59 Å². The Morgan fingerprint density at radius 1 is 0.807 bits per heavy atom. The summed E-state index contributed by atoms with van der Waals surface area (Å²) in [6.45, 7) is 11.8. The van der Waals surface area contributed by atoms with Crippen LogP contribution in [0.1, 0.15) is 115 Å². The molecule has 4 heterocycles. The fraction of sp³-hybridized carbons (Fsp3) is 0.467. The lowest BCUT2D eigenvalue weighted by atomic mass is 9.98. The zero-order valence-electron chi connectivity index (χ0n) is 33.2. The van der Waals surface area contributed by atoms with Crippen molar-refractivity contribution in [3.63, 3.8) is 0 Å². The molecule has 2 aliphatic heterocycles. The van der Waals surface area contributed by atoms with Crippen LogP contribution in [-0.4, -0.2) is 65.7 Å². The smallest absolute Gasteiger partial charge is 0.411 e. The highest BCUT2D eigenvalue weighted by Crippen LogP contribution is 2.59. The summed E-state index contributed by atoms with van der Waals surface area (Å²) in [5.41, 5.74) is 4.02. The molecule has 12 heteroatoms. The molecule has 10 rings (SSSR count). The molecular weight excluding hydrogens is 727 g/mol. The van der Waals surface area contributed by atoms with E-state index in [4.69, 9.17) is 14.5 Å². The van der Waals surface area contributed by atoms with E-state index in [2.05, 4.69) is 15.0 Å². The summed E-state index contributed by atoms with van der Waals surface area (Å²) in [7, 11) is 0. The standard InChI is InChI=1S/C45H48F2N6O4/c1-42(2,3)56-40(54)52-23-44(15-16-44)21-36(52)38-48-22-35(51-38)26-9-13-30-29-12-8-24(18-31(29)45(46,47)32(30)19-26)25-10-14-33-34(20-25)50-39(49-33)37-27-7-11-28(17-27)53(37)41(55)57-43(4,5)6/h8-10,12-14,18-20,22,27-28,36-37H,7,11,15-17,21,23H2,1-6H3,(H,48,51)(H,49,50)/t27?,28?,36?,37-/m0/s1. The molecule has 3 aromatic carbocycles. The summed E-state index contributed by atoms with van der Waals surface area (Å²) in [6.07, 6.45) is 6.83. The first-order chi connectivity index (χ1) is 27.0. The number of rotatable bonds is 4. The Balaban J connectivity index is 0.910. The van der Waals surface area contributed by atoms with Crippen molar-refractivity contribution in [1.29, 1.82) is 0 Å². The number of aromatic amines is 2. The Morgan fingerprint density at radius 2 is 1.46 bits per heavy atom. The molecule has 2 aromatic heterocycles. The molecular formula is C45H48F2N6O4. The van der Waals surface area contributed by atoms with Gasteiger partial charge in [-0.05, 0) is 138 Å². The number of hydrogen-bond donors (Lipinski definition) is 2. The van der Waals surface area contributed by atoms with Crippen LogP contribution in [0.3, 0.4) is 0 Å². The van der Waals surface area contributed by atoms with Gasteiger partial charge in [-0.2, -0.15) is 8.78 Å². The molecule has 2 saturated carbocycles. The number of aromatic nitrogens is 4. The first-order valence-electron chi connectivity index (χ1n) is 20.2. The van der Waals surface area contributed by atoms with Gasteiger partial charge in [0.25, 0.3) is 5.92 Å². The normalized spacial score (nSPS) is 24.0. The number of carbonyl (C=O) groups is 2. The van der Waals surface area contributed by atoms with Crippen LogP contribution in [0.5, 0.6) is 0 Å². The number of nitrogens with zero attached hydrogens (tertiary/aromatic N) is 4. The van der Waals surface area contributed by atoms with Crippen molar-refractivity contribution in [2.75, 3.05) is 6.54 Å². The van der Waals surface area contributed by atoms with Crippen molar-refractivity contribution in [3.05, 3.63) is 83.6 Å². The third kappa shape index (κ3) is 6.09. The molecule has 5 aromatic rings. The van der Waals surface area contributed by atoms with Gasteiger partial charge in [-0.25, -0.2) is 19.6 Å². The SMILES string of the molecule is CC(C)(C)OC(=O)N1CC2(CC2)CC1c1ncc(-c2ccc3c(c2)C(F)(F)c2cc(-c4ccc5nc([C@@H]6C7CCC(C7)N6C(=O)OC(C)(C)C)[nH]c5c4)ccc2-3)[nH]1. The maximum Gasteiger partial charge on any atom is 0.411 e. The number of imidazole rings is 2. The maximum atomic E-state index is 16.5. The summed E-state index contributed by atoms with van der Waals surface area (Å²) in [6, 6.07) is 15.9. The molecule has 57 heavy (non-hydrogen) atoms. The number of carbonyl (C=O) groups excluding carboxylic acids is 2. The number of fused-ring (bicyclic) bond motifs is 6. The quantitative estimate of drug-likeness (QED) is 0.188. The maximum absolute atomic E-state index is 16.5. The van der Waals surface area contributed by atoms with Crippen molar-refractivity contribution in [3.8, 4) is 33.5 Å². The number of nitrogens with one attached hydrogen (secondary N) is 2. The highest BCUT2D eigenvalue weighted by Gasteiger charge is 2.55. The second-order valence-electron chi connectivity index (χ2n) is 19.0. The van der Waals surface area contributed by atoms with Crippen LogP contribution in [0, 0.1) is 11.3 Å². The topological polar surface area (TPSA) is 116 Å². The molecule has 2 saturated heterocycles. The third-order valence-corrected chi connectivity index (χ3v) is 12.6. The molecule has 296 valence electrons. The molecule has 5 aliphatic rings. The van der Waals surface area contributed by atoms with Crippen LogP contribution in [0.4, 0.5) is 18.4 Å². The van der Waals surface area contributed by atoms with Gasteiger partial charge in [0.1, 0.15) is 22.9 Å². The lowest BCUT2D eigenvalue weighted by Crippen LogP contribution is -2.43. The minimum atomic E-state index is -3.23. The van der Waals surface area contributed by atoms with Crippen molar-refractivity contribution in [1.82, 2.24) is 29.7 Å². The largest absolute Gasteiger partial charge is 0.444 e. The van der Waals surface area contributed by atoms with E-state index < -0.39 is 17.1 Å². The summed E-state index contributed by atoms with van der Waals surface area (Å²) >= 11 is 0. The van der Waals surface area contributed by atoms with Crippen molar-refractivity contribution in [2.24, 2.45) is 11.3 Å². The second kappa shape index (κ2) is 12.1. The first kappa shape index (κ1) is 36.1. The fourth-order valence-corrected chi connectivity index (χ4v) is 9.84. The van der Waals surface area contributed by atoms with E-state index in [1.807, 2.05) is 76.8 Å². The molecule has 2 bridgehead atoms. The van der Waals surface area contributed by atoms with Crippen LogP contribution in [0.25, 0.3) is 44.5 Å². The number of piperidine rings is 1. The lowest BCUT2D eigenvalue weighted by Gasteiger charge is -2.35. The Labute approximate surface area is 330 Å². The predicted octanol–water partition coefficient (Wildman–Crippen LogP) is 10.7. The van der Waals surface area contributed by atoms with E-state index in [0.717, 1.165) is 60.9 Å². The van der Waals surface area contributed by atoms with Gasteiger partial charge in [0.05, 0.1) is 35.0 Å². The van der Waals surface area contributed by atoms with Crippen LogP contribution in [0.15, 0.2) is 60.8 Å². The van der Waals surface area contributed by atoms with E-state index in [-0.39, 0.29) is 46.9 Å². The van der Waals surface area contributed by atoms with Gasteiger partial charge >= 0.3 is 12.2 Å². The van der Waals surface area contributed by atoms with Crippen molar-refractivity contribution >= 4 is 23.2 Å². The van der Waals surface area contributed by atoms with Gasteiger partial charge in [0.15, 0.2) is 0 Å². The van der Waals surface area contributed by atoms with E-state index >= 15 is 8.78 Å². The van der Waals surface area contributed by atoms with Gasteiger partial charge < -0.3 is 19.4 Å². The summed E-state index contributed by atoms with van der Waals surface area (Å²) in [5.74, 6) is -1.56. The highest BCUT2D eigenvalue weighted by molar-refractivity contribution is 5.87. The van der Waals surface area contributed by atoms with Crippen LogP contribution in [-0.2, 0) is 15.4 Å². The van der Waals surface area contributed by atoms with Crippen molar-refractivity contribution < 1.29 is 27.8 Å². The zero-order chi connectivity index (χ0) is 39.8. The molecule has 10 nitrogen and oxygen atoms in total. The minimum absolute atomic E-state index is 0.0356. The van der Waals surface area contributed by atoms with Gasteiger partial charge in [-0.15, -0.1) is 0 Å². The predicted molar refractivity (Wildman–Crippen MR) is 211 cm³/mol. The average Bonchev–Trinajstić information content (AvgIpc) is 3.78. The minimum Gasteiger partial charge on any atom is -0.444 e. The highest BCUT2D eigenvalue weighted by atomic mass is 19.3. The molecule has 4 fully saturated rings. The van der Waals surface area contributed by atoms with E-state index in [0.29, 0.717) is 46.2 Å². The second-order valence-corrected chi connectivity index (χ2v) is 19.0. The Bertz CT molecular complexity index is 2470. The van der Waals surface area contributed by atoms with Gasteiger partial charge in [0.2, 0.25) is 0 Å². The Morgan fingerprint density at radius 3 is 2.16 bits per heavy atom. The summed E-state index contributed by atoms with van der Waals surface area (Å²) in [4.78, 5) is 46.6. The third-order valence-electron chi connectivity index (χ3n) is 12.6. The van der Waals surface area contributed by atoms with Gasteiger partial charge in [-0.3, -0.25) is 9.80 Å².